The molecular formula is C25H24N4O3. The second-order valence-corrected chi connectivity index (χ2v) is 8.24. The predicted molar refractivity (Wildman–Crippen MR) is 120 cm³/mol. The molecule has 1 aliphatic heterocycles. The van der Waals surface area contributed by atoms with Crippen molar-refractivity contribution in [2.45, 2.75) is 32.0 Å². The number of hydrogen-bond acceptors (Lipinski definition) is 4. The van der Waals surface area contributed by atoms with Gasteiger partial charge in [-0.15, -0.1) is 0 Å². The van der Waals surface area contributed by atoms with Gasteiger partial charge in [0.2, 0.25) is 5.91 Å². The summed E-state index contributed by atoms with van der Waals surface area (Å²) in [5.74, 6) is 0.678. The molecule has 0 spiro atoms. The summed E-state index contributed by atoms with van der Waals surface area (Å²) in [6.45, 7) is 2.90. The van der Waals surface area contributed by atoms with Crippen molar-refractivity contribution in [3.8, 4) is 0 Å². The molecule has 0 saturated heterocycles. The summed E-state index contributed by atoms with van der Waals surface area (Å²) >= 11 is 0. The number of nitrogens with zero attached hydrogens (tertiary/aromatic N) is 3. The average molecular weight is 428 g/mol. The van der Waals surface area contributed by atoms with Crippen molar-refractivity contribution < 1.29 is 14.0 Å². The standard InChI is InChI=1S/C25H24N4O3/c1-25(24(31)26-16-18-8-3-2-4-9-18)17-28-21-12-6-5-11-20(21)27-22(28)23(30)29(25)14-13-19-10-7-15-32-19/h2-12,15H,13-14,16-17H2,1H3,(H,26,31)/t25-/m0/s1. The summed E-state index contributed by atoms with van der Waals surface area (Å²) in [6, 6.07) is 21.1. The number of imidazole rings is 1. The highest BCUT2D eigenvalue weighted by Crippen LogP contribution is 2.31. The molecule has 2 amide bonds. The maximum atomic E-state index is 13.6. The Hall–Kier alpha value is -3.87. The monoisotopic (exact) mass is 428 g/mol. The highest BCUT2D eigenvalue weighted by Gasteiger charge is 2.48. The molecule has 2 aromatic carbocycles. The van der Waals surface area contributed by atoms with Crippen LogP contribution in [0.15, 0.2) is 77.4 Å². The lowest BCUT2D eigenvalue weighted by Gasteiger charge is -2.43. The number of aromatic nitrogens is 2. The molecule has 0 bridgehead atoms. The lowest BCUT2D eigenvalue weighted by atomic mass is 9.94. The molecule has 1 aliphatic rings. The van der Waals surface area contributed by atoms with E-state index in [1.807, 2.05) is 78.2 Å². The van der Waals surface area contributed by atoms with Crippen LogP contribution in [0, 0.1) is 0 Å². The lowest BCUT2D eigenvalue weighted by Crippen LogP contribution is -2.64. The van der Waals surface area contributed by atoms with Crippen LogP contribution in [0.1, 0.15) is 28.9 Å². The Morgan fingerprint density at radius 3 is 2.66 bits per heavy atom. The van der Waals surface area contributed by atoms with Crippen LogP contribution in [0.5, 0.6) is 0 Å². The quantitative estimate of drug-likeness (QED) is 0.510. The zero-order valence-electron chi connectivity index (χ0n) is 17.8. The molecule has 2 aromatic heterocycles. The zero-order chi connectivity index (χ0) is 22.1. The lowest BCUT2D eigenvalue weighted by molar-refractivity contribution is -0.133. The fraction of sp³-hybridized carbons (Fsp3) is 0.240. The first-order valence-electron chi connectivity index (χ1n) is 10.7. The maximum Gasteiger partial charge on any atom is 0.290 e. The Bertz CT molecular complexity index is 1260. The van der Waals surface area contributed by atoms with E-state index in [0.717, 1.165) is 22.4 Å². The number of rotatable bonds is 6. The largest absolute Gasteiger partial charge is 0.469 e. The van der Waals surface area contributed by atoms with E-state index in [0.29, 0.717) is 31.9 Å². The molecule has 0 aliphatic carbocycles. The van der Waals surface area contributed by atoms with E-state index in [9.17, 15) is 9.59 Å². The molecule has 0 unspecified atom stereocenters. The third kappa shape index (κ3) is 3.45. The van der Waals surface area contributed by atoms with Crippen LogP contribution in [0.25, 0.3) is 11.0 Å². The molecule has 0 fully saturated rings. The first-order valence-corrected chi connectivity index (χ1v) is 10.7. The van der Waals surface area contributed by atoms with Gasteiger partial charge in [-0.3, -0.25) is 9.59 Å². The number of carbonyl (C=O) groups excluding carboxylic acids is 2. The molecule has 0 saturated carbocycles. The molecule has 7 heteroatoms. The number of furan rings is 1. The van der Waals surface area contributed by atoms with Crippen LogP contribution in [0.3, 0.4) is 0 Å². The van der Waals surface area contributed by atoms with E-state index >= 15 is 0 Å². The molecule has 1 atom stereocenters. The number of carbonyl (C=O) groups is 2. The average Bonchev–Trinajstić information content (AvgIpc) is 3.46. The predicted octanol–water partition coefficient (Wildman–Crippen LogP) is 3.40. The minimum absolute atomic E-state index is 0.197. The zero-order valence-corrected chi connectivity index (χ0v) is 17.8. The second kappa shape index (κ2) is 8.00. The summed E-state index contributed by atoms with van der Waals surface area (Å²) in [6.07, 6.45) is 2.12. The molecule has 3 heterocycles. The summed E-state index contributed by atoms with van der Waals surface area (Å²) in [5.41, 5.74) is 1.52. The van der Waals surface area contributed by atoms with Crippen molar-refractivity contribution in [2.75, 3.05) is 6.54 Å². The van der Waals surface area contributed by atoms with Gasteiger partial charge in [-0.25, -0.2) is 4.98 Å². The van der Waals surface area contributed by atoms with Crippen molar-refractivity contribution in [1.82, 2.24) is 19.8 Å². The number of para-hydroxylation sites is 2. The van der Waals surface area contributed by atoms with E-state index in [1.54, 1.807) is 11.2 Å². The van der Waals surface area contributed by atoms with E-state index < -0.39 is 5.54 Å². The second-order valence-electron chi connectivity index (χ2n) is 8.24. The fourth-order valence-electron chi connectivity index (χ4n) is 4.33. The van der Waals surface area contributed by atoms with Gasteiger partial charge in [-0.05, 0) is 36.8 Å². The van der Waals surface area contributed by atoms with E-state index in [-0.39, 0.29) is 11.8 Å². The van der Waals surface area contributed by atoms with Crippen molar-refractivity contribution in [1.29, 1.82) is 0 Å². The van der Waals surface area contributed by atoms with Crippen LogP contribution >= 0.6 is 0 Å². The summed E-state index contributed by atoms with van der Waals surface area (Å²) in [7, 11) is 0. The number of benzene rings is 2. The molecule has 32 heavy (non-hydrogen) atoms. The van der Waals surface area contributed by atoms with Crippen LogP contribution in [-0.4, -0.2) is 38.3 Å². The number of hydrogen-bond donors (Lipinski definition) is 1. The highest BCUT2D eigenvalue weighted by atomic mass is 16.3. The molecular weight excluding hydrogens is 404 g/mol. The third-order valence-electron chi connectivity index (χ3n) is 6.10. The number of nitrogens with one attached hydrogen (secondary N) is 1. The minimum Gasteiger partial charge on any atom is -0.469 e. The van der Waals surface area contributed by atoms with Gasteiger partial charge in [-0.2, -0.15) is 0 Å². The minimum atomic E-state index is -1.07. The maximum absolute atomic E-state index is 13.6. The highest BCUT2D eigenvalue weighted by molar-refractivity contribution is 6.01. The number of amides is 2. The van der Waals surface area contributed by atoms with Gasteiger partial charge in [0, 0.05) is 19.5 Å². The Morgan fingerprint density at radius 1 is 1.09 bits per heavy atom. The smallest absolute Gasteiger partial charge is 0.290 e. The number of fused-ring (bicyclic) bond motifs is 3. The van der Waals surface area contributed by atoms with Gasteiger partial charge in [-0.1, -0.05) is 42.5 Å². The Balaban J connectivity index is 1.49. The fourth-order valence-corrected chi connectivity index (χ4v) is 4.33. The van der Waals surface area contributed by atoms with Crippen LogP contribution in [0.4, 0.5) is 0 Å². The van der Waals surface area contributed by atoms with Crippen LogP contribution in [0.2, 0.25) is 0 Å². The molecule has 0 radical (unpaired) electrons. The van der Waals surface area contributed by atoms with Crippen LogP contribution in [-0.2, 0) is 24.3 Å². The van der Waals surface area contributed by atoms with Crippen molar-refractivity contribution in [3.05, 3.63) is 90.1 Å². The van der Waals surface area contributed by atoms with Crippen molar-refractivity contribution in [2.24, 2.45) is 0 Å². The normalized spacial score (nSPS) is 18.0. The first kappa shape index (κ1) is 20.1. The van der Waals surface area contributed by atoms with E-state index in [2.05, 4.69) is 10.3 Å². The molecule has 4 aromatic rings. The molecule has 7 nitrogen and oxygen atoms in total. The van der Waals surface area contributed by atoms with E-state index in [4.69, 9.17) is 4.42 Å². The SMILES string of the molecule is C[C@@]1(C(=O)NCc2ccccc2)Cn2c(nc3ccccc32)C(=O)N1CCc1ccco1. The summed E-state index contributed by atoms with van der Waals surface area (Å²) < 4.78 is 7.32. The van der Waals surface area contributed by atoms with Crippen molar-refractivity contribution in [3.63, 3.8) is 0 Å². The molecule has 1 N–H and O–H groups in total. The van der Waals surface area contributed by atoms with Gasteiger partial charge in [0.1, 0.15) is 11.3 Å². The topological polar surface area (TPSA) is 80.4 Å². The Kier molecular flexibility index (Phi) is 5.01. The van der Waals surface area contributed by atoms with E-state index in [1.165, 1.54) is 0 Å². The third-order valence-corrected chi connectivity index (χ3v) is 6.10. The summed E-state index contributed by atoms with van der Waals surface area (Å²) in [4.78, 5) is 33.3. The van der Waals surface area contributed by atoms with Gasteiger partial charge in [0.25, 0.3) is 5.91 Å². The van der Waals surface area contributed by atoms with Crippen LogP contribution < -0.4 is 5.32 Å². The Morgan fingerprint density at radius 2 is 1.88 bits per heavy atom. The first-order chi connectivity index (χ1) is 15.6. The van der Waals surface area contributed by atoms with Crippen molar-refractivity contribution >= 4 is 22.8 Å². The Labute approximate surface area is 185 Å². The van der Waals surface area contributed by atoms with Gasteiger partial charge in [0.05, 0.1) is 23.8 Å². The van der Waals surface area contributed by atoms with Gasteiger partial charge < -0.3 is 19.2 Å². The molecule has 162 valence electrons. The van der Waals surface area contributed by atoms with Gasteiger partial charge >= 0.3 is 0 Å². The molecule has 5 rings (SSSR count). The summed E-state index contributed by atoms with van der Waals surface area (Å²) in [5, 5.41) is 3.03. The van der Waals surface area contributed by atoms with Gasteiger partial charge in [0.15, 0.2) is 5.82 Å².